The molecule has 0 aliphatic heterocycles. The molecule has 0 saturated carbocycles. The van der Waals surface area contributed by atoms with Gasteiger partial charge in [-0.25, -0.2) is 0 Å². The minimum Gasteiger partial charge on any atom is -0.481 e. The van der Waals surface area contributed by atoms with Gasteiger partial charge in [-0.15, -0.1) is 0 Å². The Balaban J connectivity index is 2.92. The molecule has 0 aliphatic carbocycles. The van der Waals surface area contributed by atoms with Crippen molar-refractivity contribution in [3.8, 4) is 0 Å². The summed E-state index contributed by atoms with van der Waals surface area (Å²) < 4.78 is 74.8. The SMILES string of the molecule is O=C(O)C(CNc1ccc(Cl)c(C(F)(F)F)c1)C(F)(F)F. The average Bonchev–Trinajstić information content (AvgIpc) is 2.27. The fraction of sp³-hybridized carbons (Fsp3) is 0.364. The highest BCUT2D eigenvalue weighted by atomic mass is 35.5. The number of aliphatic carboxylic acids is 1. The molecule has 0 spiro atoms. The largest absolute Gasteiger partial charge is 0.481 e. The summed E-state index contributed by atoms with van der Waals surface area (Å²) in [6.07, 6.45) is -9.79. The summed E-state index contributed by atoms with van der Waals surface area (Å²) in [7, 11) is 0. The fourth-order valence-electron chi connectivity index (χ4n) is 1.42. The van der Waals surface area contributed by atoms with Gasteiger partial charge in [0, 0.05) is 12.2 Å². The van der Waals surface area contributed by atoms with E-state index in [9.17, 15) is 31.1 Å². The van der Waals surface area contributed by atoms with Gasteiger partial charge in [-0.3, -0.25) is 4.79 Å². The summed E-state index contributed by atoms with van der Waals surface area (Å²) in [5.41, 5.74) is -1.55. The maximum Gasteiger partial charge on any atom is 0.417 e. The molecule has 0 heterocycles. The Bertz CT molecular complexity index is 528. The zero-order valence-electron chi connectivity index (χ0n) is 10.0. The number of carbonyl (C=O) groups is 1. The Morgan fingerprint density at radius 3 is 2.24 bits per heavy atom. The monoisotopic (exact) mass is 335 g/mol. The minimum atomic E-state index is -5.02. The van der Waals surface area contributed by atoms with E-state index in [1.54, 1.807) is 0 Å². The second-order valence-electron chi connectivity index (χ2n) is 4.01. The third-order valence-electron chi connectivity index (χ3n) is 2.48. The summed E-state index contributed by atoms with van der Waals surface area (Å²) in [6, 6.07) is 2.39. The Morgan fingerprint density at radius 1 is 1.24 bits per heavy atom. The van der Waals surface area contributed by atoms with Crippen LogP contribution in [0.5, 0.6) is 0 Å². The maximum absolute atomic E-state index is 12.6. The number of carboxylic acids is 1. The van der Waals surface area contributed by atoms with Crippen LogP contribution in [0.2, 0.25) is 5.02 Å². The molecule has 0 aliphatic rings. The maximum atomic E-state index is 12.6. The summed E-state index contributed by atoms with van der Waals surface area (Å²) in [5.74, 6) is -4.86. The number of benzene rings is 1. The van der Waals surface area contributed by atoms with Crippen LogP contribution in [-0.4, -0.2) is 23.8 Å². The molecule has 118 valence electrons. The van der Waals surface area contributed by atoms with E-state index in [0.717, 1.165) is 12.1 Å². The molecule has 10 heteroatoms. The number of rotatable bonds is 4. The van der Waals surface area contributed by atoms with Crippen LogP contribution in [0.3, 0.4) is 0 Å². The molecule has 0 amide bonds. The fourth-order valence-corrected chi connectivity index (χ4v) is 1.64. The van der Waals surface area contributed by atoms with Crippen molar-refractivity contribution in [3.05, 3.63) is 28.8 Å². The van der Waals surface area contributed by atoms with Crippen molar-refractivity contribution in [3.63, 3.8) is 0 Å². The van der Waals surface area contributed by atoms with E-state index in [1.165, 1.54) is 0 Å². The van der Waals surface area contributed by atoms with Gasteiger partial charge in [-0.1, -0.05) is 11.6 Å². The average molecular weight is 336 g/mol. The second kappa shape index (κ2) is 6.00. The molecule has 21 heavy (non-hydrogen) atoms. The highest BCUT2D eigenvalue weighted by Gasteiger charge is 2.45. The van der Waals surface area contributed by atoms with Gasteiger partial charge < -0.3 is 10.4 Å². The molecule has 0 aromatic heterocycles. The highest BCUT2D eigenvalue weighted by Crippen LogP contribution is 2.36. The topological polar surface area (TPSA) is 49.3 Å². The van der Waals surface area contributed by atoms with Crippen LogP contribution in [0, 0.1) is 5.92 Å². The van der Waals surface area contributed by atoms with Gasteiger partial charge in [0.1, 0.15) is 0 Å². The number of nitrogens with one attached hydrogen (secondary N) is 1. The molecule has 3 nitrogen and oxygen atoms in total. The van der Waals surface area contributed by atoms with E-state index in [2.05, 4.69) is 0 Å². The van der Waals surface area contributed by atoms with Gasteiger partial charge in [-0.05, 0) is 18.2 Å². The summed E-state index contributed by atoms with van der Waals surface area (Å²) in [4.78, 5) is 10.5. The number of hydrogen-bond acceptors (Lipinski definition) is 2. The van der Waals surface area contributed by atoms with Gasteiger partial charge in [0.25, 0.3) is 0 Å². The zero-order valence-corrected chi connectivity index (χ0v) is 10.8. The number of carboxylic acid groups (broad SMARTS) is 1. The Kier molecular flexibility index (Phi) is 4.98. The van der Waals surface area contributed by atoms with Crippen LogP contribution in [0.1, 0.15) is 5.56 Å². The normalized spacial score (nSPS) is 13.9. The first kappa shape index (κ1) is 17.4. The lowest BCUT2D eigenvalue weighted by Gasteiger charge is -2.18. The Labute approximate surface area is 119 Å². The first-order chi connectivity index (χ1) is 9.43. The van der Waals surface area contributed by atoms with Crippen molar-refractivity contribution in [2.24, 2.45) is 5.92 Å². The highest BCUT2D eigenvalue weighted by molar-refractivity contribution is 6.31. The summed E-state index contributed by atoms with van der Waals surface area (Å²) in [5, 5.41) is 9.85. The third-order valence-corrected chi connectivity index (χ3v) is 2.80. The molecule has 1 atom stereocenters. The molecule has 0 bridgehead atoms. The van der Waals surface area contributed by atoms with Crippen LogP contribution in [0.25, 0.3) is 0 Å². The van der Waals surface area contributed by atoms with E-state index in [4.69, 9.17) is 16.7 Å². The van der Waals surface area contributed by atoms with Crippen molar-refractivity contribution in [2.45, 2.75) is 12.4 Å². The van der Waals surface area contributed by atoms with Crippen molar-refractivity contribution < 1.29 is 36.2 Å². The van der Waals surface area contributed by atoms with Gasteiger partial charge in [0.05, 0.1) is 10.6 Å². The van der Waals surface area contributed by atoms with Crippen molar-refractivity contribution in [1.29, 1.82) is 0 Å². The van der Waals surface area contributed by atoms with E-state index >= 15 is 0 Å². The van der Waals surface area contributed by atoms with Crippen LogP contribution in [0.4, 0.5) is 32.0 Å². The number of anilines is 1. The van der Waals surface area contributed by atoms with Gasteiger partial charge in [0.2, 0.25) is 0 Å². The van der Waals surface area contributed by atoms with Crippen LogP contribution < -0.4 is 5.32 Å². The smallest absolute Gasteiger partial charge is 0.417 e. The molecule has 1 rings (SSSR count). The van der Waals surface area contributed by atoms with E-state index in [-0.39, 0.29) is 5.69 Å². The van der Waals surface area contributed by atoms with E-state index in [1.807, 2.05) is 5.32 Å². The predicted octanol–water partition coefficient (Wildman–Crippen LogP) is 4.03. The molecular weight excluding hydrogens is 328 g/mol. The lowest BCUT2D eigenvalue weighted by Crippen LogP contribution is -2.36. The van der Waals surface area contributed by atoms with Crippen molar-refractivity contribution in [1.82, 2.24) is 0 Å². The van der Waals surface area contributed by atoms with Gasteiger partial charge in [0.15, 0.2) is 5.92 Å². The number of hydrogen-bond donors (Lipinski definition) is 2. The molecule has 1 aromatic rings. The standard InChI is InChI=1S/C11H8ClF6NO2/c12-8-2-1-5(3-6(8)10(13,14)15)19-4-7(9(20)21)11(16,17)18/h1-3,7,19H,4H2,(H,20,21). The first-order valence-electron chi connectivity index (χ1n) is 5.33. The zero-order chi connectivity index (χ0) is 16.4. The molecule has 0 saturated heterocycles. The number of halogens is 7. The molecular formula is C11H8ClF6NO2. The van der Waals surface area contributed by atoms with Crippen LogP contribution >= 0.6 is 11.6 Å². The summed E-state index contributed by atoms with van der Waals surface area (Å²) in [6.45, 7) is -1.10. The quantitative estimate of drug-likeness (QED) is 0.817. The molecule has 1 unspecified atom stereocenters. The van der Waals surface area contributed by atoms with Crippen molar-refractivity contribution in [2.75, 3.05) is 11.9 Å². The lowest BCUT2D eigenvalue weighted by molar-refractivity contribution is -0.190. The van der Waals surface area contributed by atoms with Gasteiger partial charge >= 0.3 is 18.3 Å². The Morgan fingerprint density at radius 2 is 1.81 bits per heavy atom. The lowest BCUT2D eigenvalue weighted by atomic mass is 10.1. The first-order valence-corrected chi connectivity index (χ1v) is 5.71. The van der Waals surface area contributed by atoms with E-state index < -0.39 is 41.4 Å². The predicted molar refractivity (Wildman–Crippen MR) is 62.1 cm³/mol. The van der Waals surface area contributed by atoms with Crippen LogP contribution in [0.15, 0.2) is 18.2 Å². The molecule has 2 N–H and O–H groups in total. The summed E-state index contributed by atoms with van der Waals surface area (Å²) >= 11 is 5.34. The van der Waals surface area contributed by atoms with Crippen LogP contribution in [-0.2, 0) is 11.0 Å². The molecule has 0 radical (unpaired) electrons. The third kappa shape index (κ3) is 4.69. The minimum absolute atomic E-state index is 0.317. The van der Waals surface area contributed by atoms with Gasteiger partial charge in [-0.2, -0.15) is 26.3 Å². The van der Waals surface area contributed by atoms with Crippen molar-refractivity contribution >= 4 is 23.3 Å². The molecule has 1 aromatic carbocycles. The molecule has 0 fully saturated rings. The second-order valence-corrected chi connectivity index (χ2v) is 4.41. The Hall–Kier alpha value is -1.64. The van der Waals surface area contributed by atoms with E-state index in [0.29, 0.717) is 6.07 Å². The number of alkyl halides is 6.